The van der Waals surface area contributed by atoms with Crippen LogP contribution in [-0.2, 0) is 16.0 Å². The molecule has 7 heteroatoms. The predicted molar refractivity (Wildman–Crippen MR) is 110 cm³/mol. The minimum absolute atomic E-state index is 0.0445. The molecule has 1 aliphatic carbocycles. The Morgan fingerprint density at radius 1 is 1.26 bits per heavy atom. The van der Waals surface area contributed by atoms with Crippen LogP contribution in [0.25, 0.3) is 0 Å². The summed E-state index contributed by atoms with van der Waals surface area (Å²) in [5.74, 6) is -0.398. The first-order valence-corrected chi connectivity index (χ1v) is 10.5. The van der Waals surface area contributed by atoms with Crippen molar-refractivity contribution in [3.05, 3.63) is 27.7 Å². The van der Waals surface area contributed by atoms with Gasteiger partial charge < -0.3 is 20.3 Å². The largest absolute Gasteiger partial charge is 0.460 e. The summed E-state index contributed by atoms with van der Waals surface area (Å²) in [6.07, 6.45) is 6.34. The highest BCUT2D eigenvalue weighted by Crippen LogP contribution is 2.29. The maximum absolute atomic E-state index is 12.3. The minimum atomic E-state index is -0.398. The summed E-state index contributed by atoms with van der Waals surface area (Å²) < 4.78 is 11.1. The normalized spacial score (nSPS) is 15.3. The number of hydrogen-bond donors (Lipinski definition) is 2. The van der Waals surface area contributed by atoms with Crippen molar-refractivity contribution in [2.45, 2.75) is 51.6 Å². The number of benzene rings is 1. The van der Waals surface area contributed by atoms with Gasteiger partial charge in [0.25, 0.3) is 0 Å². The maximum atomic E-state index is 12.3. The van der Waals surface area contributed by atoms with Crippen molar-refractivity contribution in [2.24, 2.45) is 0 Å². The molecule has 152 valence electrons. The Kier molecular flexibility index (Phi) is 9.54. The Bertz CT molecular complexity index is 606. The molecule has 1 fully saturated rings. The van der Waals surface area contributed by atoms with Gasteiger partial charge in [0.2, 0.25) is 0 Å². The van der Waals surface area contributed by atoms with E-state index in [1.165, 1.54) is 32.1 Å². The SMILES string of the molecule is CCN(Cc1cc(C(=O)OCCOCCO)cc(Br)c1N)C1CCCCC1. The van der Waals surface area contributed by atoms with E-state index in [1.54, 1.807) is 6.07 Å². The number of aliphatic hydroxyl groups is 1. The van der Waals surface area contributed by atoms with E-state index in [1.807, 2.05) is 6.07 Å². The third-order valence-corrected chi connectivity index (χ3v) is 5.67. The van der Waals surface area contributed by atoms with Gasteiger partial charge in [0.1, 0.15) is 6.61 Å². The lowest BCUT2D eigenvalue weighted by molar-refractivity contribution is 0.0258. The van der Waals surface area contributed by atoms with Crippen molar-refractivity contribution in [3.63, 3.8) is 0 Å². The van der Waals surface area contributed by atoms with Gasteiger partial charge in [0.05, 0.1) is 31.1 Å². The standard InChI is InChI=1S/C20H31BrN2O4/c1-2-23(17-6-4-3-5-7-17)14-16-12-15(13-18(21)19(16)22)20(25)27-11-10-26-9-8-24/h12-13,17,24H,2-11,14,22H2,1H3. The molecular weight excluding hydrogens is 412 g/mol. The number of nitrogens with two attached hydrogens (primary N) is 1. The van der Waals surface area contributed by atoms with Gasteiger partial charge in [-0.15, -0.1) is 0 Å². The molecular formula is C20H31BrN2O4. The van der Waals surface area contributed by atoms with Crippen molar-refractivity contribution >= 4 is 27.6 Å². The lowest BCUT2D eigenvalue weighted by Crippen LogP contribution is -2.36. The fourth-order valence-electron chi connectivity index (χ4n) is 3.53. The first kappa shape index (κ1) is 22.1. The van der Waals surface area contributed by atoms with Gasteiger partial charge in [-0.05, 0) is 53.0 Å². The number of nitrogen functional groups attached to an aromatic ring is 1. The Labute approximate surface area is 170 Å². The first-order chi connectivity index (χ1) is 13.1. The van der Waals surface area contributed by atoms with Gasteiger partial charge in [-0.25, -0.2) is 4.79 Å². The van der Waals surface area contributed by atoms with Crippen molar-refractivity contribution in [2.75, 3.05) is 38.7 Å². The zero-order chi connectivity index (χ0) is 19.6. The molecule has 1 aromatic carbocycles. The van der Waals surface area contributed by atoms with Crippen molar-refractivity contribution in [3.8, 4) is 0 Å². The van der Waals surface area contributed by atoms with Crippen LogP contribution < -0.4 is 5.73 Å². The number of nitrogens with zero attached hydrogens (tertiary/aromatic N) is 1. The quantitative estimate of drug-likeness (QED) is 0.328. The van der Waals surface area contributed by atoms with Crippen LogP contribution in [0.5, 0.6) is 0 Å². The average Bonchev–Trinajstić information content (AvgIpc) is 2.69. The van der Waals surface area contributed by atoms with E-state index in [-0.39, 0.29) is 26.4 Å². The number of carbonyl (C=O) groups excluding carboxylic acids is 1. The van der Waals surface area contributed by atoms with Crippen LogP contribution in [0, 0.1) is 0 Å². The third-order valence-electron chi connectivity index (χ3n) is 5.02. The van der Waals surface area contributed by atoms with E-state index >= 15 is 0 Å². The molecule has 6 nitrogen and oxygen atoms in total. The zero-order valence-corrected chi connectivity index (χ0v) is 17.7. The molecule has 0 saturated heterocycles. The zero-order valence-electron chi connectivity index (χ0n) is 16.1. The molecule has 0 aliphatic heterocycles. The second-order valence-electron chi connectivity index (χ2n) is 6.86. The molecule has 2 rings (SSSR count). The Morgan fingerprint density at radius 3 is 2.67 bits per heavy atom. The molecule has 1 aliphatic rings. The molecule has 1 saturated carbocycles. The Hall–Kier alpha value is -1.15. The minimum Gasteiger partial charge on any atom is -0.460 e. The van der Waals surface area contributed by atoms with Gasteiger partial charge in [-0.3, -0.25) is 4.90 Å². The Morgan fingerprint density at radius 2 is 2.00 bits per heavy atom. The van der Waals surface area contributed by atoms with Gasteiger partial charge in [0.15, 0.2) is 0 Å². The van der Waals surface area contributed by atoms with Crippen LogP contribution in [0.3, 0.4) is 0 Å². The lowest BCUT2D eigenvalue weighted by Gasteiger charge is -2.34. The molecule has 0 bridgehead atoms. The van der Waals surface area contributed by atoms with E-state index in [0.717, 1.165) is 18.7 Å². The molecule has 0 spiro atoms. The van der Waals surface area contributed by atoms with Gasteiger partial charge >= 0.3 is 5.97 Å². The number of aliphatic hydroxyl groups excluding tert-OH is 1. The van der Waals surface area contributed by atoms with E-state index < -0.39 is 5.97 Å². The van der Waals surface area contributed by atoms with Crippen LogP contribution >= 0.6 is 15.9 Å². The van der Waals surface area contributed by atoms with Crippen molar-refractivity contribution < 1.29 is 19.4 Å². The third kappa shape index (κ3) is 6.75. The molecule has 0 unspecified atom stereocenters. The van der Waals surface area contributed by atoms with E-state index in [4.69, 9.17) is 20.3 Å². The first-order valence-electron chi connectivity index (χ1n) is 9.74. The highest BCUT2D eigenvalue weighted by atomic mass is 79.9. The van der Waals surface area contributed by atoms with Crippen LogP contribution in [-0.4, -0.2) is 55.0 Å². The number of esters is 1. The van der Waals surface area contributed by atoms with E-state index in [0.29, 0.717) is 21.8 Å². The number of halogens is 1. The predicted octanol–water partition coefficient (Wildman–Crippen LogP) is 3.35. The summed E-state index contributed by atoms with van der Waals surface area (Å²) in [4.78, 5) is 14.8. The number of anilines is 1. The maximum Gasteiger partial charge on any atom is 0.338 e. The van der Waals surface area contributed by atoms with Gasteiger partial charge in [-0.2, -0.15) is 0 Å². The average molecular weight is 443 g/mol. The van der Waals surface area contributed by atoms with Crippen LogP contribution in [0.2, 0.25) is 0 Å². The molecule has 1 aromatic rings. The summed E-state index contributed by atoms with van der Waals surface area (Å²) in [7, 11) is 0. The fraction of sp³-hybridized carbons (Fsp3) is 0.650. The second-order valence-corrected chi connectivity index (χ2v) is 7.71. The summed E-state index contributed by atoms with van der Waals surface area (Å²) >= 11 is 3.47. The molecule has 0 radical (unpaired) electrons. The Balaban J connectivity index is 2.04. The van der Waals surface area contributed by atoms with E-state index in [9.17, 15) is 4.79 Å². The van der Waals surface area contributed by atoms with Crippen LogP contribution in [0.4, 0.5) is 5.69 Å². The van der Waals surface area contributed by atoms with Gasteiger partial charge in [-0.1, -0.05) is 26.2 Å². The molecule has 0 amide bonds. The molecule has 0 atom stereocenters. The second kappa shape index (κ2) is 11.6. The van der Waals surface area contributed by atoms with Crippen molar-refractivity contribution in [1.29, 1.82) is 0 Å². The molecule has 27 heavy (non-hydrogen) atoms. The summed E-state index contributed by atoms with van der Waals surface area (Å²) in [6.45, 7) is 4.47. The smallest absolute Gasteiger partial charge is 0.338 e. The summed E-state index contributed by atoms with van der Waals surface area (Å²) in [6, 6.07) is 4.12. The fourth-order valence-corrected chi connectivity index (χ4v) is 4.03. The van der Waals surface area contributed by atoms with E-state index in [2.05, 4.69) is 27.8 Å². The monoisotopic (exact) mass is 442 g/mol. The highest BCUT2D eigenvalue weighted by molar-refractivity contribution is 9.10. The molecule has 3 N–H and O–H groups in total. The molecule has 0 heterocycles. The number of carbonyl (C=O) groups is 1. The molecule has 0 aromatic heterocycles. The lowest BCUT2D eigenvalue weighted by atomic mass is 9.93. The van der Waals surface area contributed by atoms with Gasteiger partial charge in [0, 0.05) is 17.1 Å². The number of hydrogen-bond acceptors (Lipinski definition) is 6. The summed E-state index contributed by atoms with van der Waals surface area (Å²) in [5.41, 5.74) is 8.37. The van der Waals surface area contributed by atoms with Crippen molar-refractivity contribution in [1.82, 2.24) is 4.90 Å². The van der Waals surface area contributed by atoms with Crippen LogP contribution in [0.1, 0.15) is 54.9 Å². The van der Waals surface area contributed by atoms with Crippen LogP contribution in [0.15, 0.2) is 16.6 Å². The number of rotatable bonds is 10. The topological polar surface area (TPSA) is 85.0 Å². The highest BCUT2D eigenvalue weighted by Gasteiger charge is 2.22. The summed E-state index contributed by atoms with van der Waals surface area (Å²) in [5, 5.41) is 8.67. The number of ether oxygens (including phenoxy) is 2.